The van der Waals surface area contributed by atoms with Gasteiger partial charge in [-0.2, -0.15) is 0 Å². The molecule has 1 unspecified atom stereocenters. The number of nitrogens with zero attached hydrogens (tertiary/aromatic N) is 4. The first kappa shape index (κ1) is 29.3. The molecule has 10 rings (SSSR count). The van der Waals surface area contributed by atoms with Crippen LogP contribution in [-0.4, -0.2) is 26.8 Å². The maximum absolute atomic E-state index is 6.53. The Morgan fingerprint density at radius 3 is 2.08 bits per heavy atom. The van der Waals surface area contributed by atoms with E-state index in [9.17, 15) is 0 Å². The van der Waals surface area contributed by atoms with Crippen LogP contribution in [0.1, 0.15) is 12.5 Å². The van der Waals surface area contributed by atoms with Crippen molar-refractivity contribution in [2.45, 2.75) is 6.92 Å². The summed E-state index contributed by atoms with van der Waals surface area (Å²) in [7, 11) is 0. The molecule has 9 aromatic rings. The van der Waals surface area contributed by atoms with Gasteiger partial charge in [0.2, 0.25) is 0 Å². The Morgan fingerprint density at radius 1 is 0.569 bits per heavy atom. The zero-order valence-electron chi connectivity index (χ0n) is 28.0. The van der Waals surface area contributed by atoms with Crippen LogP contribution in [0.3, 0.4) is 0 Å². The third-order valence-electron chi connectivity index (χ3n) is 10.1. The molecule has 0 spiro atoms. The van der Waals surface area contributed by atoms with Gasteiger partial charge in [-0.15, -0.1) is 0 Å². The highest BCUT2D eigenvalue weighted by atomic mass is 16.3. The van der Waals surface area contributed by atoms with Crippen LogP contribution in [0.25, 0.3) is 83.1 Å². The number of allylic oxidation sites excluding steroid dienone is 1. The first-order valence-corrected chi connectivity index (χ1v) is 17.4. The van der Waals surface area contributed by atoms with Gasteiger partial charge < -0.3 is 8.98 Å². The van der Waals surface area contributed by atoms with Crippen molar-refractivity contribution in [1.29, 1.82) is 0 Å². The molecule has 0 saturated heterocycles. The average molecular weight is 657 g/mol. The zero-order valence-corrected chi connectivity index (χ0v) is 28.0. The molecule has 0 radical (unpaired) electrons. The molecule has 4 aromatic heterocycles. The van der Waals surface area contributed by atoms with Gasteiger partial charge in [-0.1, -0.05) is 73.7 Å². The molecule has 0 bridgehead atoms. The van der Waals surface area contributed by atoms with Gasteiger partial charge in [-0.05, 0) is 95.9 Å². The number of hydrogen-bond donors (Lipinski definition) is 0. The standard InChI is InChI=1S/C46H32N4O/c1-29-16-19-42(49-28-29)35-26-39-38-25-31(18-21-45(38)51-46(39)27-36(35)41-14-7-9-23-48-41)50-43-15-5-4-12-34(43)37-24-30(17-20-44(37)50)32-10-2-3-11-33(32)40-13-6-8-22-47-40/h2-27,29H,28H2,1H3. The number of fused-ring (bicyclic) bond motifs is 6. The van der Waals surface area contributed by atoms with E-state index in [0.717, 1.165) is 90.1 Å². The average Bonchev–Trinajstić information content (AvgIpc) is 3.72. The smallest absolute Gasteiger partial charge is 0.136 e. The summed E-state index contributed by atoms with van der Waals surface area (Å²) in [4.78, 5) is 14.3. The monoisotopic (exact) mass is 656 g/mol. The van der Waals surface area contributed by atoms with Crippen LogP contribution in [-0.2, 0) is 0 Å². The summed E-state index contributed by atoms with van der Waals surface area (Å²) in [5.74, 6) is 0.422. The third-order valence-corrected chi connectivity index (χ3v) is 10.1. The minimum Gasteiger partial charge on any atom is -0.456 e. The van der Waals surface area contributed by atoms with Gasteiger partial charge in [0.15, 0.2) is 0 Å². The fourth-order valence-corrected chi connectivity index (χ4v) is 7.58. The molecule has 1 aliphatic rings. The maximum Gasteiger partial charge on any atom is 0.136 e. The van der Waals surface area contributed by atoms with Crippen molar-refractivity contribution in [1.82, 2.24) is 14.5 Å². The van der Waals surface area contributed by atoms with Gasteiger partial charge >= 0.3 is 0 Å². The quantitative estimate of drug-likeness (QED) is 0.185. The van der Waals surface area contributed by atoms with E-state index in [2.05, 4.69) is 132 Å². The van der Waals surface area contributed by atoms with Crippen molar-refractivity contribution in [3.63, 3.8) is 0 Å². The molecule has 1 atom stereocenters. The van der Waals surface area contributed by atoms with Gasteiger partial charge in [0, 0.05) is 62.9 Å². The molecule has 0 saturated carbocycles. The summed E-state index contributed by atoms with van der Waals surface area (Å²) in [5, 5.41) is 4.54. The Balaban J connectivity index is 1.16. The van der Waals surface area contributed by atoms with Crippen LogP contribution >= 0.6 is 0 Å². The molecule has 5 heterocycles. The van der Waals surface area contributed by atoms with E-state index in [1.54, 1.807) is 0 Å². The molecule has 51 heavy (non-hydrogen) atoms. The molecule has 5 nitrogen and oxygen atoms in total. The van der Waals surface area contributed by atoms with Gasteiger partial charge in [-0.25, -0.2) is 0 Å². The second-order valence-corrected chi connectivity index (χ2v) is 13.3. The molecule has 0 amide bonds. The van der Waals surface area contributed by atoms with E-state index >= 15 is 0 Å². The number of furan rings is 1. The number of dihydropyridines is 1. The lowest BCUT2D eigenvalue weighted by atomic mass is 9.94. The second kappa shape index (κ2) is 11.8. The lowest BCUT2D eigenvalue weighted by Gasteiger charge is -2.15. The second-order valence-electron chi connectivity index (χ2n) is 13.3. The number of benzene rings is 5. The van der Waals surface area contributed by atoms with Crippen LogP contribution in [0.5, 0.6) is 0 Å². The Morgan fingerprint density at radius 2 is 1.29 bits per heavy atom. The van der Waals surface area contributed by atoms with Gasteiger partial charge in [0.05, 0.1) is 28.1 Å². The van der Waals surface area contributed by atoms with Crippen LogP contribution in [0, 0.1) is 5.92 Å². The van der Waals surface area contributed by atoms with E-state index < -0.39 is 0 Å². The topological polar surface area (TPSA) is 56.2 Å². The minimum atomic E-state index is 0.422. The minimum absolute atomic E-state index is 0.422. The number of aromatic nitrogens is 3. The van der Waals surface area contributed by atoms with Crippen LogP contribution < -0.4 is 0 Å². The Labute approximate surface area is 294 Å². The van der Waals surface area contributed by atoms with E-state index in [-0.39, 0.29) is 0 Å². The first-order valence-electron chi connectivity index (χ1n) is 17.4. The van der Waals surface area contributed by atoms with Crippen molar-refractivity contribution in [2.24, 2.45) is 10.9 Å². The first-order chi connectivity index (χ1) is 25.2. The number of hydrogen-bond acceptors (Lipinski definition) is 4. The molecule has 0 N–H and O–H groups in total. The van der Waals surface area contributed by atoms with Crippen molar-refractivity contribution >= 4 is 49.5 Å². The number of aliphatic imine (C=N–C) groups is 1. The number of rotatable bonds is 5. The van der Waals surface area contributed by atoms with Gasteiger partial charge in [-0.3, -0.25) is 15.0 Å². The van der Waals surface area contributed by atoms with E-state index in [1.807, 2.05) is 42.7 Å². The molecule has 1 aliphatic heterocycles. The third kappa shape index (κ3) is 4.89. The maximum atomic E-state index is 6.53. The number of pyridine rings is 2. The molecule has 0 aliphatic carbocycles. The van der Waals surface area contributed by atoms with Crippen molar-refractivity contribution in [2.75, 3.05) is 6.54 Å². The van der Waals surface area contributed by atoms with E-state index in [1.165, 1.54) is 10.8 Å². The molecular formula is C46H32N4O. The van der Waals surface area contributed by atoms with Crippen LogP contribution in [0.4, 0.5) is 0 Å². The normalized spacial score (nSPS) is 14.5. The Hall–Kier alpha value is -6.59. The predicted molar refractivity (Wildman–Crippen MR) is 210 cm³/mol. The van der Waals surface area contributed by atoms with Crippen molar-refractivity contribution in [3.8, 4) is 39.3 Å². The molecule has 0 fully saturated rings. The highest BCUT2D eigenvalue weighted by molar-refractivity contribution is 6.18. The van der Waals surface area contributed by atoms with E-state index in [4.69, 9.17) is 14.4 Å². The largest absolute Gasteiger partial charge is 0.456 e. The van der Waals surface area contributed by atoms with Crippen molar-refractivity contribution in [3.05, 3.63) is 164 Å². The zero-order chi connectivity index (χ0) is 33.9. The molecular weight excluding hydrogens is 625 g/mol. The SMILES string of the molecule is CC1C=CC(c2cc3c(cc2-c2ccccn2)oc2ccc(-n4c5ccccc5c5cc(-c6ccccc6-c6ccccn6)ccc54)cc23)=NC1. The fourth-order valence-electron chi connectivity index (χ4n) is 7.58. The van der Waals surface area contributed by atoms with E-state index in [0.29, 0.717) is 5.92 Å². The lowest BCUT2D eigenvalue weighted by Crippen LogP contribution is -2.09. The summed E-state index contributed by atoms with van der Waals surface area (Å²) in [6.07, 6.45) is 8.08. The highest BCUT2D eigenvalue weighted by Gasteiger charge is 2.20. The van der Waals surface area contributed by atoms with Crippen LogP contribution in [0.15, 0.2) is 167 Å². The summed E-state index contributed by atoms with van der Waals surface area (Å²) in [5.41, 5.74) is 13.4. The Kier molecular flexibility index (Phi) is 6.78. The summed E-state index contributed by atoms with van der Waals surface area (Å²) in [6.45, 7) is 2.97. The summed E-state index contributed by atoms with van der Waals surface area (Å²) in [6, 6.07) is 47.0. The molecule has 5 heteroatoms. The Bertz CT molecular complexity index is 2840. The summed E-state index contributed by atoms with van der Waals surface area (Å²) < 4.78 is 8.90. The molecule has 5 aromatic carbocycles. The number of para-hydroxylation sites is 1. The lowest BCUT2D eigenvalue weighted by molar-refractivity contribution is 0.669. The predicted octanol–water partition coefficient (Wildman–Crippen LogP) is 11.5. The fraction of sp³-hybridized carbons (Fsp3) is 0.0652. The molecule has 242 valence electrons. The van der Waals surface area contributed by atoms with Crippen molar-refractivity contribution < 1.29 is 4.42 Å². The van der Waals surface area contributed by atoms with Crippen LogP contribution in [0.2, 0.25) is 0 Å². The van der Waals surface area contributed by atoms with Gasteiger partial charge in [0.1, 0.15) is 11.2 Å². The summed E-state index contributed by atoms with van der Waals surface area (Å²) >= 11 is 0. The van der Waals surface area contributed by atoms with Gasteiger partial charge in [0.25, 0.3) is 0 Å². The highest BCUT2D eigenvalue weighted by Crippen LogP contribution is 2.40.